The maximum absolute atomic E-state index is 12.6. The molecule has 0 aromatic carbocycles. The molecular weight excluding hydrogens is 284 g/mol. The third-order valence-corrected chi connectivity index (χ3v) is 4.12. The highest BCUT2D eigenvalue weighted by Gasteiger charge is 2.29. The van der Waals surface area contributed by atoms with Crippen LogP contribution in [-0.2, 0) is 14.3 Å². The van der Waals surface area contributed by atoms with Gasteiger partial charge >= 0.3 is 0 Å². The number of unbranched alkanes of at least 4 members (excludes halogenated alkanes) is 1. The number of piperazine rings is 1. The van der Waals surface area contributed by atoms with Gasteiger partial charge in [-0.1, -0.05) is 6.92 Å². The fourth-order valence-corrected chi connectivity index (χ4v) is 2.68. The maximum Gasteiger partial charge on any atom is 0.288 e. The smallest absolute Gasteiger partial charge is 0.288 e. The van der Waals surface area contributed by atoms with Crippen molar-refractivity contribution in [1.29, 1.82) is 0 Å². The van der Waals surface area contributed by atoms with Gasteiger partial charge in [0.2, 0.25) is 6.29 Å². The number of allylic oxidation sites excluding steroid dienone is 1. The molecule has 6 heteroatoms. The van der Waals surface area contributed by atoms with Crippen molar-refractivity contribution in [1.82, 2.24) is 9.80 Å². The lowest BCUT2D eigenvalue weighted by Gasteiger charge is -2.34. The monoisotopic (exact) mass is 312 g/mol. The second kappa shape index (κ2) is 8.50. The predicted octanol–water partition coefficient (Wildman–Crippen LogP) is 0.816. The molecule has 2 heterocycles. The normalized spacial score (nSPS) is 26.5. The second-order valence-electron chi connectivity index (χ2n) is 6.19. The number of aliphatic hydroxyl groups excluding tert-OH is 1. The summed E-state index contributed by atoms with van der Waals surface area (Å²) in [6.07, 6.45) is 3.85. The quantitative estimate of drug-likeness (QED) is 0.736. The Labute approximate surface area is 132 Å². The Balaban J connectivity index is 1.85. The van der Waals surface area contributed by atoms with Gasteiger partial charge in [-0.2, -0.15) is 0 Å². The molecule has 2 rings (SSSR count). The van der Waals surface area contributed by atoms with Crippen molar-refractivity contribution in [2.45, 2.75) is 32.5 Å². The summed E-state index contributed by atoms with van der Waals surface area (Å²) in [5, 5.41) is 8.77. The standard InChI is InChI=1S/C16H28N2O4/c1-13-11-14(16(20)18-7-5-17(2)6-8-18)22-15(12-13)21-10-4-3-9-19/h11,13,15,19H,3-10,12H2,1-2H3/t13-,15+/m0/s1. The molecule has 22 heavy (non-hydrogen) atoms. The summed E-state index contributed by atoms with van der Waals surface area (Å²) in [5.74, 6) is 0.669. The molecule has 2 aliphatic rings. The fraction of sp³-hybridized carbons (Fsp3) is 0.812. The summed E-state index contributed by atoms with van der Waals surface area (Å²) in [6, 6.07) is 0. The molecule has 0 aromatic rings. The minimum Gasteiger partial charge on any atom is -0.459 e. The van der Waals surface area contributed by atoms with Crippen LogP contribution in [0.3, 0.4) is 0 Å². The average molecular weight is 312 g/mol. The van der Waals surface area contributed by atoms with Crippen LogP contribution in [0.1, 0.15) is 26.2 Å². The van der Waals surface area contributed by atoms with Crippen molar-refractivity contribution in [2.24, 2.45) is 5.92 Å². The lowest BCUT2D eigenvalue weighted by atomic mass is 10.0. The van der Waals surface area contributed by atoms with Crippen LogP contribution < -0.4 is 0 Å². The van der Waals surface area contributed by atoms with Gasteiger partial charge < -0.3 is 24.4 Å². The van der Waals surface area contributed by atoms with Crippen molar-refractivity contribution in [3.63, 3.8) is 0 Å². The molecule has 0 spiro atoms. The minimum absolute atomic E-state index is 0.0244. The van der Waals surface area contributed by atoms with E-state index in [-0.39, 0.29) is 24.7 Å². The Morgan fingerprint density at radius 3 is 2.77 bits per heavy atom. The number of carbonyl (C=O) groups excluding carboxylic acids is 1. The molecule has 0 radical (unpaired) electrons. The van der Waals surface area contributed by atoms with Crippen LogP contribution in [0.25, 0.3) is 0 Å². The van der Waals surface area contributed by atoms with Gasteiger partial charge in [0.15, 0.2) is 5.76 Å². The van der Waals surface area contributed by atoms with Crippen LogP contribution in [0.4, 0.5) is 0 Å². The van der Waals surface area contributed by atoms with Crippen molar-refractivity contribution >= 4 is 5.91 Å². The number of carbonyl (C=O) groups is 1. The average Bonchev–Trinajstić information content (AvgIpc) is 2.51. The number of amides is 1. The molecule has 1 saturated heterocycles. The van der Waals surface area contributed by atoms with Crippen LogP contribution in [-0.4, -0.2) is 73.5 Å². The molecular formula is C16H28N2O4. The SMILES string of the molecule is C[C@H]1C=C(C(=O)N2CCN(C)CC2)O[C@@H](OCCCCO)C1. The molecule has 6 nitrogen and oxygen atoms in total. The Morgan fingerprint density at radius 2 is 2.09 bits per heavy atom. The summed E-state index contributed by atoms with van der Waals surface area (Å²) in [6.45, 7) is 6.08. The molecule has 2 aliphatic heterocycles. The molecule has 126 valence electrons. The first-order chi connectivity index (χ1) is 10.6. The van der Waals surface area contributed by atoms with E-state index in [2.05, 4.69) is 18.9 Å². The summed E-state index contributed by atoms with van der Waals surface area (Å²) >= 11 is 0. The zero-order valence-electron chi connectivity index (χ0n) is 13.7. The molecule has 1 N–H and O–H groups in total. The number of nitrogens with zero attached hydrogens (tertiary/aromatic N) is 2. The third-order valence-electron chi connectivity index (χ3n) is 4.12. The molecule has 0 saturated carbocycles. The van der Waals surface area contributed by atoms with Crippen molar-refractivity contribution in [3.05, 3.63) is 11.8 Å². The Morgan fingerprint density at radius 1 is 1.36 bits per heavy atom. The first kappa shape index (κ1) is 17.2. The summed E-state index contributed by atoms with van der Waals surface area (Å²) in [7, 11) is 2.07. The van der Waals surface area contributed by atoms with Gasteiger partial charge in [0.05, 0.1) is 6.61 Å². The lowest BCUT2D eigenvalue weighted by Crippen LogP contribution is -2.48. The molecule has 1 fully saturated rings. The molecule has 2 atom stereocenters. The van der Waals surface area contributed by atoms with E-state index < -0.39 is 0 Å². The van der Waals surface area contributed by atoms with Gasteiger partial charge in [0.1, 0.15) is 0 Å². The number of likely N-dealkylation sites (N-methyl/N-ethyl adjacent to an activating group) is 1. The van der Waals surface area contributed by atoms with Crippen LogP contribution >= 0.6 is 0 Å². The van der Waals surface area contributed by atoms with E-state index in [0.717, 1.165) is 45.4 Å². The van der Waals surface area contributed by atoms with Crippen LogP contribution in [0.15, 0.2) is 11.8 Å². The van der Waals surface area contributed by atoms with E-state index in [1.165, 1.54) is 0 Å². The number of aliphatic hydroxyl groups is 1. The first-order valence-electron chi connectivity index (χ1n) is 8.19. The molecule has 1 amide bonds. The predicted molar refractivity (Wildman–Crippen MR) is 83.1 cm³/mol. The topological polar surface area (TPSA) is 62.2 Å². The summed E-state index contributed by atoms with van der Waals surface area (Å²) in [4.78, 5) is 16.6. The van der Waals surface area contributed by atoms with Crippen LogP contribution in [0.5, 0.6) is 0 Å². The second-order valence-corrected chi connectivity index (χ2v) is 6.19. The zero-order chi connectivity index (χ0) is 15.9. The maximum atomic E-state index is 12.6. The number of hydrogen-bond donors (Lipinski definition) is 1. The zero-order valence-corrected chi connectivity index (χ0v) is 13.7. The van der Waals surface area contributed by atoms with Crippen molar-refractivity contribution < 1.29 is 19.4 Å². The minimum atomic E-state index is -0.356. The summed E-state index contributed by atoms with van der Waals surface area (Å²) in [5.41, 5.74) is 0. The van der Waals surface area contributed by atoms with Gasteiger partial charge in [0, 0.05) is 39.2 Å². The van der Waals surface area contributed by atoms with Crippen molar-refractivity contribution in [3.8, 4) is 0 Å². The Bertz CT molecular complexity index is 392. The van der Waals surface area contributed by atoms with E-state index in [4.69, 9.17) is 14.6 Å². The number of hydrogen-bond acceptors (Lipinski definition) is 5. The van der Waals surface area contributed by atoms with Gasteiger partial charge in [-0.3, -0.25) is 4.79 Å². The van der Waals surface area contributed by atoms with Gasteiger partial charge in [-0.15, -0.1) is 0 Å². The lowest BCUT2D eigenvalue weighted by molar-refractivity contribution is -0.155. The van der Waals surface area contributed by atoms with E-state index in [0.29, 0.717) is 12.4 Å². The van der Waals surface area contributed by atoms with Gasteiger partial charge in [-0.25, -0.2) is 0 Å². The summed E-state index contributed by atoms with van der Waals surface area (Å²) < 4.78 is 11.4. The molecule has 0 bridgehead atoms. The highest BCUT2D eigenvalue weighted by atomic mass is 16.7. The Hall–Kier alpha value is -1.11. The molecule has 0 aromatic heterocycles. The van der Waals surface area contributed by atoms with E-state index in [1.807, 2.05) is 11.0 Å². The van der Waals surface area contributed by atoms with Crippen LogP contribution in [0, 0.1) is 5.92 Å². The number of rotatable bonds is 6. The highest BCUT2D eigenvalue weighted by molar-refractivity contribution is 5.91. The largest absolute Gasteiger partial charge is 0.459 e. The Kier molecular flexibility index (Phi) is 6.67. The molecule has 0 unspecified atom stereocenters. The highest BCUT2D eigenvalue weighted by Crippen LogP contribution is 2.24. The third kappa shape index (κ3) is 4.97. The van der Waals surface area contributed by atoms with E-state index in [1.54, 1.807) is 0 Å². The van der Waals surface area contributed by atoms with Crippen molar-refractivity contribution in [2.75, 3.05) is 46.4 Å². The first-order valence-corrected chi connectivity index (χ1v) is 8.19. The van der Waals surface area contributed by atoms with Gasteiger partial charge in [0.25, 0.3) is 5.91 Å². The van der Waals surface area contributed by atoms with Gasteiger partial charge in [-0.05, 0) is 31.9 Å². The fourth-order valence-electron chi connectivity index (χ4n) is 2.68. The van der Waals surface area contributed by atoms with E-state index in [9.17, 15) is 4.79 Å². The number of ether oxygens (including phenoxy) is 2. The molecule has 0 aliphatic carbocycles. The van der Waals surface area contributed by atoms with Crippen LogP contribution in [0.2, 0.25) is 0 Å². The van der Waals surface area contributed by atoms with E-state index >= 15 is 0 Å².